The molecule has 10 aromatic carbocycles. The van der Waals surface area contributed by atoms with Crippen molar-refractivity contribution in [2.45, 2.75) is 0 Å². The van der Waals surface area contributed by atoms with Crippen molar-refractivity contribution in [3.8, 4) is 0 Å². The predicted octanol–water partition coefficient (Wildman–Crippen LogP) is 10.7. The molecule has 0 spiro atoms. The van der Waals surface area contributed by atoms with E-state index in [0.29, 0.717) is 0 Å². The van der Waals surface area contributed by atoms with Crippen molar-refractivity contribution >= 4 is 69.5 Å². The van der Waals surface area contributed by atoms with Crippen LogP contribution in [0, 0.1) is 240 Å². The quantitative estimate of drug-likeness (QED) is 0.0320. The molecular weight excluding hydrogens is 1660 g/mol. The van der Waals surface area contributed by atoms with Crippen LogP contribution >= 0.6 is 0 Å². The summed E-state index contributed by atoms with van der Waals surface area (Å²) in [4.78, 5) is 0. The van der Waals surface area contributed by atoms with Crippen LogP contribution < -0.4 is 64.9 Å². The minimum atomic E-state index is -7.22. The Balaban J connectivity index is 0.000000245. The molecule has 552 valence electrons. The number of benzene rings is 10. The van der Waals surface area contributed by atoms with E-state index in [1.165, 1.54) is 7.14 Å². The summed E-state index contributed by atoms with van der Waals surface area (Å²) in [6, 6.07) is 21.4. The van der Waals surface area contributed by atoms with Gasteiger partial charge in [0.05, 0.1) is 0 Å². The highest BCUT2D eigenvalue weighted by Gasteiger charge is 2.55. The SMILES string of the molecule is Fc1c(F)c(F)c([B-](c2c(F)c(F)c(F)c(F)c2F)(c2c(F)c(F)c(F)c(F)c2F)c2c(F)c(F)c(F)c(F)c2F)c(F)c1F.Fc1c(F)c(F)c([B-](c2c(F)c(F)c(F)c(F)c2F)(c2c(F)c(F)c(F)c(F)c2F)c2c(F)c(F)c(F)c(F)c2F)c(F)c1F.[SH3+].c1ccc([I+]c2ccccc2)cc1. The van der Waals surface area contributed by atoms with E-state index >= 15 is 70.2 Å². The van der Waals surface area contributed by atoms with Gasteiger partial charge in [0.2, 0.25) is 0 Å². The van der Waals surface area contributed by atoms with Crippen molar-refractivity contribution in [1.82, 2.24) is 0 Å². The Morgan fingerprint density at radius 2 is 0.221 bits per heavy atom. The van der Waals surface area contributed by atoms with Crippen molar-refractivity contribution in [2.24, 2.45) is 0 Å². The highest BCUT2D eigenvalue weighted by molar-refractivity contribution is 7.37. The van der Waals surface area contributed by atoms with Crippen molar-refractivity contribution in [2.75, 3.05) is 0 Å². The monoisotopic (exact) mass is 1670 g/mol. The minimum absolute atomic E-state index is 0. The zero-order valence-electron chi connectivity index (χ0n) is 48.0. The molecule has 0 atom stereocenters. The maximum Gasteiger partial charge on any atom is 0.357 e. The second kappa shape index (κ2) is 30.0. The van der Waals surface area contributed by atoms with Crippen LogP contribution in [0.2, 0.25) is 0 Å². The molecular formula is C60H13B2F40IS. The van der Waals surface area contributed by atoms with Gasteiger partial charge in [-0.3, -0.25) is 0 Å². The molecule has 0 aliphatic heterocycles. The summed E-state index contributed by atoms with van der Waals surface area (Å²) in [6.07, 6.45) is -14.4. The molecule has 10 rings (SSSR count). The number of rotatable bonds is 10. The molecule has 104 heavy (non-hydrogen) atoms. The van der Waals surface area contributed by atoms with Gasteiger partial charge < -0.3 is 0 Å². The van der Waals surface area contributed by atoms with Crippen molar-refractivity contribution in [3.05, 3.63) is 300 Å². The second-order valence-corrected chi connectivity index (χ2v) is 23.3. The lowest BCUT2D eigenvalue weighted by molar-refractivity contribution is -0.597. The first-order valence-corrected chi connectivity index (χ1v) is 28.2. The number of hydrogen-bond acceptors (Lipinski definition) is 0. The van der Waals surface area contributed by atoms with E-state index in [4.69, 9.17) is 0 Å². The molecule has 0 nitrogen and oxygen atoms in total. The molecule has 44 heteroatoms. The van der Waals surface area contributed by atoms with Gasteiger partial charge in [0.15, 0.2) is 147 Å². The van der Waals surface area contributed by atoms with Crippen LogP contribution in [0.4, 0.5) is 176 Å². The molecule has 0 aromatic heterocycles. The first kappa shape index (κ1) is 81.9. The molecule has 0 saturated carbocycles. The van der Waals surface area contributed by atoms with Crippen molar-refractivity contribution < 1.29 is 197 Å². The summed E-state index contributed by atoms with van der Waals surface area (Å²) < 4.78 is 591. The van der Waals surface area contributed by atoms with Crippen molar-refractivity contribution in [1.29, 1.82) is 0 Å². The smallest absolute Gasteiger partial charge is 0.207 e. The second-order valence-electron chi connectivity index (χ2n) is 20.3. The molecule has 0 heterocycles. The van der Waals surface area contributed by atoms with Gasteiger partial charge in [0, 0.05) is 0 Å². The number of hydrogen-bond donors (Lipinski definition) is 0. The summed E-state index contributed by atoms with van der Waals surface area (Å²) >= 11 is 0.0287. The van der Waals surface area contributed by atoms with E-state index in [2.05, 4.69) is 60.7 Å². The van der Waals surface area contributed by atoms with E-state index in [1.54, 1.807) is 0 Å². The minimum Gasteiger partial charge on any atom is -0.207 e. The largest absolute Gasteiger partial charge is 0.357 e. The topological polar surface area (TPSA) is 0 Å². The lowest BCUT2D eigenvalue weighted by atomic mass is 9.12. The third kappa shape index (κ3) is 12.4. The fraction of sp³-hybridized carbons (Fsp3) is 0. The standard InChI is InChI=1S/2C24BF20.C12H10I.H2S/c2*26-5-1(6(27)14(35)21(42)13(5)34)25(2-7(28)15(36)22(43)16(37)8(2)29,3-9(30)17(38)23(44)18(39)10(3)31)4-11(32)19(40)24(45)20(41)12(4)33;1-3-7-11(8-4-1)13-12-9-5-2-6-10-12;/h;;1-10H;1H2/q2*-1;+1;/p+1. The molecule has 0 aliphatic carbocycles. The first-order chi connectivity index (χ1) is 47.9. The first-order valence-electron chi connectivity index (χ1n) is 26.1. The maximum absolute atomic E-state index is 15.4. The van der Waals surface area contributed by atoms with Gasteiger partial charge in [-0.15, -0.1) is 43.7 Å². The molecule has 0 bridgehead atoms. The third-order valence-corrected chi connectivity index (χ3v) is 17.8. The van der Waals surface area contributed by atoms with Crippen LogP contribution in [0.3, 0.4) is 0 Å². The summed E-state index contributed by atoms with van der Waals surface area (Å²) in [5, 5.41) is 0. The van der Waals surface area contributed by atoms with Crippen LogP contribution in [-0.2, 0) is 13.5 Å². The van der Waals surface area contributed by atoms with E-state index < -0.39 is 289 Å². The molecule has 0 radical (unpaired) electrons. The Morgan fingerprint density at radius 3 is 0.317 bits per heavy atom. The van der Waals surface area contributed by atoms with E-state index in [0.717, 1.165) is 0 Å². The molecule has 10 aromatic rings. The Hall–Kier alpha value is -9.39. The number of halogens is 41. The van der Waals surface area contributed by atoms with Gasteiger partial charge >= 0.3 is 21.2 Å². The van der Waals surface area contributed by atoms with Crippen LogP contribution in [0.25, 0.3) is 0 Å². The average Bonchev–Trinajstić information content (AvgIpc) is 0.687. The predicted molar refractivity (Wildman–Crippen MR) is 280 cm³/mol. The molecule has 0 amide bonds. The summed E-state index contributed by atoms with van der Waals surface area (Å²) in [7, 11) is 0. The van der Waals surface area contributed by atoms with Gasteiger partial charge in [-0.25, -0.2) is 176 Å². The highest BCUT2D eigenvalue weighted by Crippen LogP contribution is 2.34. The van der Waals surface area contributed by atoms with E-state index in [9.17, 15) is 105 Å². The van der Waals surface area contributed by atoms with Crippen LogP contribution in [0.5, 0.6) is 0 Å². The molecule has 0 aliphatic rings. The normalized spacial score (nSPS) is 11.6. The van der Waals surface area contributed by atoms with E-state index in [1.807, 2.05) is 0 Å². The van der Waals surface area contributed by atoms with Crippen LogP contribution in [0.1, 0.15) is 0 Å². The van der Waals surface area contributed by atoms with Gasteiger partial charge in [0.1, 0.15) is 105 Å². The zero-order chi connectivity index (χ0) is 77.6. The fourth-order valence-electron chi connectivity index (χ4n) is 10.8. The lowest BCUT2D eigenvalue weighted by Crippen LogP contribution is -3.61. The molecule has 0 unspecified atom stereocenters. The van der Waals surface area contributed by atoms with Gasteiger partial charge in [-0.1, -0.05) is 49.9 Å². The lowest BCUT2D eigenvalue weighted by Gasteiger charge is -2.44. The Labute approximate surface area is 564 Å². The van der Waals surface area contributed by atoms with Crippen molar-refractivity contribution in [3.63, 3.8) is 0 Å². The van der Waals surface area contributed by atoms with Gasteiger partial charge in [-0.2, -0.15) is 0 Å². The summed E-state index contributed by atoms with van der Waals surface area (Å²) in [5.74, 6) is -143. The van der Waals surface area contributed by atoms with E-state index in [-0.39, 0.29) is 34.7 Å². The summed E-state index contributed by atoms with van der Waals surface area (Å²) in [6.45, 7) is 0. The summed E-state index contributed by atoms with van der Waals surface area (Å²) in [5.41, 5.74) is -28.7. The Kier molecular flexibility index (Phi) is 23.6. The van der Waals surface area contributed by atoms with Crippen LogP contribution in [-0.4, -0.2) is 12.3 Å². The fourth-order valence-corrected chi connectivity index (χ4v) is 13.1. The Morgan fingerprint density at radius 1 is 0.135 bits per heavy atom. The zero-order valence-corrected chi connectivity index (χ0v) is 51.3. The average molecular weight is 1670 g/mol. The van der Waals surface area contributed by atoms with Gasteiger partial charge in [-0.05, 0) is 24.3 Å². The Bertz CT molecular complexity index is 4100. The third-order valence-electron chi connectivity index (χ3n) is 15.1. The molecule has 0 N–H and O–H groups in total. The van der Waals surface area contributed by atoms with Gasteiger partial charge in [0.25, 0.3) is 0 Å². The van der Waals surface area contributed by atoms with Crippen LogP contribution in [0.15, 0.2) is 60.7 Å². The highest BCUT2D eigenvalue weighted by atomic mass is 127. The maximum atomic E-state index is 15.4. The molecule has 0 saturated heterocycles. The molecule has 0 fully saturated rings.